The van der Waals surface area contributed by atoms with Crippen molar-refractivity contribution < 1.29 is 14.3 Å². The highest BCUT2D eigenvalue weighted by atomic mass is 32.2. The van der Waals surface area contributed by atoms with E-state index in [4.69, 9.17) is 4.74 Å². The van der Waals surface area contributed by atoms with Gasteiger partial charge in [-0.15, -0.1) is 11.8 Å². The highest BCUT2D eigenvalue weighted by Crippen LogP contribution is 2.56. The summed E-state index contributed by atoms with van der Waals surface area (Å²) in [6, 6.07) is 14.7. The van der Waals surface area contributed by atoms with Gasteiger partial charge < -0.3 is 15.0 Å². The van der Waals surface area contributed by atoms with Gasteiger partial charge in [-0.25, -0.2) is 0 Å². The monoisotopic (exact) mass is 382 g/mol. The highest BCUT2D eigenvalue weighted by Gasteiger charge is 2.57. The average molecular weight is 382 g/mol. The number of ether oxygens (including phenoxy) is 1. The number of nitrogens with zero attached hydrogens (tertiary/aromatic N) is 1. The van der Waals surface area contributed by atoms with Gasteiger partial charge in [0, 0.05) is 22.4 Å². The second-order valence-corrected chi connectivity index (χ2v) is 9.04. The molecule has 140 valence electrons. The van der Waals surface area contributed by atoms with E-state index in [9.17, 15) is 9.59 Å². The molecule has 0 aliphatic carbocycles. The topological polar surface area (TPSA) is 58.6 Å². The summed E-state index contributed by atoms with van der Waals surface area (Å²) >= 11 is 1.67. The Hall–Kier alpha value is -2.47. The lowest BCUT2D eigenvalue weighted by atomic mass is 10.0. The number of thioether (sulfide) groups is 1. The summed E-state index contributed by atoms with van der Waals surface area (Å²) in [5, 5.41) is 2.90. The second kappa shape index (κ2) is 6.60. The molecule has 2 atom stereocenters. The van der Waals surface area contributed by atoms with Crippen LogP contribution in [0.2, 0.25) is 0 Å². The molecule has 6 heteroatoms. The lowest BCUT2D eigenvalue weighted by molar-refractivity contribution is -0.126. The SMILES string of the molecule is COc1ccccc1CNC(=O)[C@H]1N2C(=O)c3ccccc3[C@@H]2SC1(C)C. The lowest BCUT2D eigenvalue weighted by Crippen LogP contribution is -2.52. The summed E-state index contributed by atoms with van der Waals surface area (Å²) in [4.78, 5) is 27.8. The Kier molecular flexibility index (Phi) is 4.38. The molecule has 2 aliphatic rings. The number of nitrogens with one attached hydrogen (secondary N) is 1. The van der Waals surface area contributed by atoms with Gasteiger partial charge in [0.2, 0.25) is 5.91 Å². The van der Waals surface area contributed by atoms with Crippen LogP contribution in [-0.4, -0.2) is 34.6 Å². The Bertz CT molecular complexity index is 912. The second-order valence-electron chi connectivity index (χ2n) is 7.31. The van der Waals surface area contributed by atoms with E-state index in [0.717, 1.165) is 16.9 Å². The van der Waals surface area contributed by atoms with Crippen molar-refractivity contribution in [1.82, 2.24) is 10.2 Å². The van der Waals surface area contributed by atoms with Crippen LogP contribution in [0.15, 0.2) is 48.5 Å². The Morgan fingerprint density at radius 1 is 1.19 bits per heavy atom. The van der Waals surface area contributed by atoms with Gasteiger partial charge in [-0.1, -0.05) is 36.4 Å². The van der Waals surface area contributed by atoms with Gasteiger partial charge in [-0.05, 0) is 31.5 Å². The summed E-state index contributed by atoms with van der Waals surface area (Å²) in [5.74, 6) is 0.536. The maximum Gasteiger partial charge on any atom is 0.256 e. The Morgan fingerprint density at radius 3 is 2.67 bits per heavy atom. The maximum atomic E-state index is 13.1. The maximum absolute atomic E-state index is 13.1. The van der Waals surface area contributed by atoms with E-state index in [1.54, 1.807) is 23.8 Å². The molecule has 5 nitrogen and oxygen atoms in total. The summed E-state index contributed by atoms with van der Waals surface area (Å²) < 4.78 is 4.98. The number of carbonyl (C=O) groups is 2. The standard InChI is InChI=1S/C21H22N2O3S/c1-21(2)17(18(24)22-12-13-8-4-7-11-16(13)26-3)23-19(25)14-9-5-6-10-15(14)20(23)27-21/h4-11,17,20H,12H2,1-3H3,(H,22,24)/t17-,20+/m1/s1. The summed E-state index contributed by atoms with van der Waals surface area (Å²) in [6.45, 7) is 4.41. The minimum absolute atomic E-state index is 0.0638. The van der Waals surface area contributed by atoms with Crippen LogP contribution < -0.4 is 10.1 Å². The van der Waals surface area contributed by atoms with Crippen molar-refractivity contribution >= 4 is 23.6 Å². The Morgan fingerprint density at radius 2 is 1.89 bits per heavy atom. The van der Waals surface area contributed by atoms with Crippen molar-refractivity contribution in [2.24, 2.45) is 0 Å². The van der Waals surface area contributed by atoms with E-state index in [0.29, 0.717) is 12.1 Å². The van der Waals surface area contributed by atoms with Crippen molar-refractivity contribution in [2.45, 2.75) is 36.6 Å². The number of benzene rings is 2. The van der Waals surface area contributed by atoms with Crippen molar-refractivity contribution in [3.8, 4) is 5.75 Å². The minimum Gasteiger partial charge on any atom is -0.496 e. The average Bonchev–Trinajstić information content (AvgIpc) is 3.10. The third-order valence-corrected chi connectivity index (χ3v) is 6.73. The first-order chi connectivity index (χ1) is 12.9. The van der Waals surface area contributed by atoms with Crippen LogP contribution in [0, 0.1) is 0 Å². The van der Waals surface area contributed by atoms with Gasteiger partial charge in [0.05, 0.1) is 7.11 Å². The first-order valence-electron chi connectivity index (χ1n) is 8.93. The van der Waals surface area contributed by atoms with Crippen molar-refractivity contribution in [2.75, 3.05) is 7.11 Å². The lowest BCUT2D eigenvalue weighted by Gasteiger charge is -2.29. The largest absolute Gasteiger partial charge is 0.496 e. The van der Waals surface area contributed by atoms with Crippen LogP contribution in [0.1, 0.15) is 40.7 Å². The molecule has 0 unspecified atom stereocenters. The van der Waals surface area contributed by atoms with E-state index >= 15 is 0 Å². The fourth-order valence-corrected chi connectivity index (χ4v) is 5.52. The molecule has 2 amide bonds. The van der Waals surface area contributed by atoms with E-state index < -0.39 is 6.04 Å². The molecule has 2 aliphatic heterocycles. The van der Waals surface area contributed by atoms with E-state index in [2.05, 4.69) is 5.32 Å². The number of carbonyl (C=O) groups excluding carboxylic acids is 2. The van der Waals surface area contributed by atoms with Crippen LogP contribution >= 0.6 is 11.8 Å². The van der Waals surface area contributed by atoms with Crippen molar-refractivity contribution in [3.05, 3.63) is 65.2 Å². The molecule has 0 spiro atoms. The summed E-state index contributed by atoms with van der Waals surface area (Å²) in [7, 11) is 1.61. The first-order valence-corrected chi connectivity index (χ1v) is 9.81. The van der Waals surface area contributed by atoms with Crippen LogP contribution in [0.5, 0.6) is 5.75 Å². The molecule has 1 fully saturated rings. The van der Waals surface area contributed by atoms with Gasteiger partial charge in [0.15, 0.2) is 0 Å². The number of methoxy groups -OCH3 is 1. The normalized spacial score (nSPS) is 22.3. The van der Waals surface area contributed by atoms with Crippen molar-refractivity contribution in [1.29, 1.82) is 0 Å². The fraction of sp³-hybridized carbons (Fsp3) is 0.333. The molecular formula is C21H22N2O3S. The van der Waals surface area contributed by atoms with Gasteiger partial charge in [0.25, 0.3) is 5.91 Å². The Labute approximate surface area is 163 Å². The highest BCUT2D eigenvalue weighted by molar-refractivity contribution is 8.01. The van der Waals surface area contributed by atoms with Crippen LogP contribution in [-0.2, 0) is 11.3 Å². The molecule has 4 rings (SSSR count). The summed E-state index contributed by atoms with van der Waals surface area (Å²) in [6.07, 6.45) is 0. The molecule has 1 saturated heterocycles. The first kappa shape index (κ1) is 17.9. The van der Waals surface area contributed by atoms with Gasteiger partial charge >= 0.3 is 0 Å². The smallest absolute Gasteiger partial charge is 0.256 e. The molecule has 0 radical (unpaired) electrons. The molecule has 2 aromatic carbocycles. The number of hydrogen-bond acceptors (Lipinski definition) is 4. The predicted octanol–water partition coefficient (Wildman–Crippen LogP) is 3.36. The molecule has 0 aromatic heterocycles. The van der Waals surface area contributed by atoms with E-state index in [-0.39, 0.29) is 21.9 Å². The van der Waals surface area contributed by atoms with E-state index in [1.807, 2.05) is 62.4 Å². The Balaban J connectivity index is 1.58. The number of rotatable bonds is 4. The number of fused-ring (bicyclic) bond motifs is 3. The molecule has 0 saturated carbocycles. The molecule has 2 aromatic rings. The van der Waals surface area contributed by atoms with Crippen LogP contribution in [0.4, 0.5) is 0 Å². The molecule has 0 bridgehead atoms. The minimum atomic E-state index is -0.526. The molecule has 2 heterocycles. The quantitative estimate of drug-likeness (QED) is 0.881. The zero-order valence-corrected chi connectivity index (χ0v) is 16.4. The molecule has 1 N–H and O–H groups in total. The number of hydrogen-bond donors (Lipinski definition) is 1. The van der Waals surface area contributed by atoms with E-state index in [1.165, 1.54) is 0 Å². The van der Waals surface area contributed by atoms with Crippen LogP contribution in [0.25, 0.3) is 0 Å². The van der Waals surface area contributed by atoms with Gasteiger partial charge in [-0.2, -0.15) is 0 Å². The zero-order chi connectivity index (χ0) is 19.2. The number of amides is 2. The van der Waals surface area contributed by atoms with Crippen LogP contribution in [0.3, 0.4) is 0 Å². The third kappa shape index (κ3) is 2.88. The number of para-hydroxylation sites is 1. The zero-order valence-electron chi connectivity index (χ0n) is 15.6. The fourth-order valence-electron chi connectivity index (χ4n) is 3.93. The van der Waals surface area contributed by atoms with Gasteiger partial charge in [0.1, 0.15) is 17.2 Å². The predicted molar refractivity (Wildman–Crippen MR) is 106 cm³/mol. The molecular weight excluding hydrogens is 360 g/mol. The third-order valence-electron chi connectivity index (χ3n) is 5.19. The summed E-state index contributed by atoms with van der Waals surface area (Å²) in [5.41, 5.74) is 2.61. The molecule has 27 heavy (non-hydrogen) atoms. The van der Waals surface area contributed by atoms with Crippen molar-refractivity contribution in [3.63, 3.8) is 0 Å². The van der Waals surface area contributed by atoms with Gasteiger partial charge in [-0.3, -0.25) is 9.59 Å².